The second-order valence-corrected chi connectivity index (χ2v) is 4.22. The fourth-order valence-electron chi connectivity index (χ4n) is 1.36. The lowest BCUT2D eigenvalue weighted by Gasteiger charge is -2.08. The molecule has 0 aliphatic rings. The predicted octanol–water partition coefficient (Wildman–Crippen LogP) is 3.20. The van der Waals surface area contributed by atoms with Crippen LogP contribution in [0.1, 0.15) is 10.4 Å². The van der Waals surface area contributed by atoms with E-state index in [2.05, 4.69) is 10.3 Å². The normalized spacial score (nSPS) is 10.3. The van der Waals surface area contributed by atoms with Crippen molar-refractivity contribution in [3.05, 3.63) is 46.2 Å². The number of nitrogens with one attached hydrogen (secondary N) is 1. The molecule has 2 aromatic rings. The number of aromatic nitrogens is 1. The highest BCUT2D eigenvalue weighted by Gasteiger charge is 2.04. The second kappa shape index (κ2) is 4.40. The molecule has 78 valence electrons. The van der Waals surface area contributed by atoms with Gasteiger partial charge in [-0.25, -0.2) is 4.39 Å². The number of thiazole rings is 1. The first-order valence-corrected chi connectivity index (χ1v) is 5.51. The van der Waals surface area contributed by atoms with Crippen LogP contribution >= 0.6 is 11.3 Å². The Bertz CT molecular complexity index is 420. The van der Waals surface area contributed by atoms with Crippen molar-refractivity contribution >= 4 is 17.0 Å². The third-order valence-electron chi connectivity index (χ3n) is 2.14. The summed E-state index contributed by atoms with van der Waals surface area (Å²) in [6.45, 7) is 2.50. The van der Waals surface area contributed by atoms with Crippen LogP contribution in [0.2, 0.25) is 0 Å². The van der Waals surface area contributed by atoms with E-state index in [-0.39, 0.29) is 5.82 Å². The lowest BCUT2D eigenvalue weighted by atomic mass is 10.2. The summed E-state index contributed by atoms with van der Waals surface area (Å²) in [5.41, 5.74) is 3.26. The number of para-hydroxylation sites is 1. The van der Waals surface area contributed by atoms with E-state index < -0.39 is 0 Å². The van der Waals surface area contributed by atoms with Gasteiger partial charge in [-0.3, -0.25) is 4.98 Å². The molecule has 1 N–H and O–H groups in total. The monoisotopic (exact) mass is 222 g/mol. The number of benzene rings is 1. The zero-order valence-electron chi connectivity index (χ0n) is 8.33. The van der Waals surface area contributed by atoms with Crippen molar-refractivity contribution in [2.75, 3.05) is 5.32 Å². The number of anilines is 1. The van der Waals surface area contributed by atoms with Crippen LogP contribution in [0.4, 0.5) is 10.1 Å². The molecule has 0 saturated carbocycles. The van der Waals surface area contributed by atoms with Crippen molar-refractivity contribution in [1.29, 1.82) is 0 Å². The number of nitrogens with zero attached hydrogens (tertiary/aromatic N) is 1. The first-order chi connectivity index (χ1) is 7.27. The molecule has 0 radical (unpaired) electrons. The van der Waals surface area contributed by atoms with Crippen LogP contribution in [-0.2, 0) is 6.54 Å². The van der Waals surface area contributed by atoms with Crippen molar-refractivity contribution in [3.8, 4) is 0 Å². The molecule has 1 aromatic heterocycles. The van der Waals surface area contributed by atoms with Crippen LogP contribution in [0.25, 0.3) is 0 Å². The Kier molecular flexibility index (Phi) is 2.97. The lowest BCUT2D eigenvalue weighted by molar-refractivity contribution is 0.629. The van der Waals surface area contributed by atoms with E-state index in [0.717, 1.165) is 10.4 Å². The topological polar surface area (TPSA) is 24.9 Å². The summed E-state index contributed by atoms with van der Waals surface area (Å²) in [5, 5.41) is 3.08. The Balaban J connectivity index is 2.11. The largest absolute Gasteiger partial charge is 0.378 e. The highest BCUT2D eigenvalue weighted by atomic mass is 32.1. The van der Waals surface area contributed by atoms with Gasteiger partial charge in [-0.15, -0.1) is 11.3 Å². The Morgan fingerprint density at radius 3 is 3.00 bits per heavy atom. The van der Waals surface area contributed by atoms with Gasteiger partial charge in [0.15, 0.2) is 0 Å². The standard InChI is InChI=1S/C11H11FN2S/c1-8-3-2-4-10(12)11(8)14-6-9-5-13-7-15-9/h2-5,7,14H,6H2,1H3. The second-order valence-electron chi connectivity index (χ2n) is 3.25. The molecule has 0 aliphatic heterocycles. The molecule has 0 spiro atoms. The Morgan fingerprint density at radius 1 is 1.47 bits per heavy atom. The number of hydrogen-bond donors (Lipinski definition) is 1. The first kappa shape index (κ1) is 10.1. The summed E-state index contributed by atoms with van der Waals surface area (Å²) in [6.07, 6.45) is 1.79. The summed E-state index contributed by atoms with van der Waals surface area (Å²) >= 11 is 1.56. The van der Waals surface area contributed by atoms with Gasteiger partial charge in [-0.1, -0.05) is 12.1 Å². The van der Waals surface area contributed by atoms with Gasteiger partial charge in [0.1, 0.15) is 5.82 Å². The van der Waals surface area contributed by atoms with Crippen LogP contribution < -0.4 is 5.32 Å². The van der Waals surface area contributed by atoms with Gasteiger partial charge in [0, 0.05) is 11.1 Å². The van der Waals surface area contributed by atoms with Gasteiger partial charge in [0.2, 0.25) is 0 Å². The van der Waals surface area contributed by atoms with Crippen LogP contribution in [0.15, 0.2) is 29.9 Å². The molecule has 0 saturated heterocycles. The Labute approximate surface area is 91.8 Å². The lowest BCUT2D eigenvalue weighted by Crippen LogP contribution is -2.01. The van der Waals surface area contributed by atoms with E-state index in [1.807, 2.05) is 13.0 Å². The molecule has 0 bridgehead atoms. The molecular formula is C11H11FN2S. The molecule has 2 rings (SSSR count). The van der Waals surface area contributed by atoms with E-state index in [9.17, 15) is 4.39 Å². The van der Waals surface area contributed by atoms with Crippen molar-refractivity contribution in [2.24, 2.45) is 0 Å². The fourth-order valence-corrected chi connectivity index (χ4v) is 1.90. The van der Waals surface area contributed by atoms with Crippen LogP contribution in [0.3, 0.4) is 0 Å². The van der Waals surface area contributed by atoms with E-state index in [1.54, 1.807) is 29.1 Å². The third-order valence-corrected chi connectivity index (χ3v) is 2.92. The molecule has 1 aromatic carbocycles. The molecule has 1 heterocycles. The zero-order chi connectivity index (χ0) is 10.7. The Morgan fingerprint density at radius 2 is 2.33 bits per heavy atom. The molecule has 15 heavy (non-hydrogen) atoms. The number of rotatable bonds is 3. The van der Waals surface area contributed by atoms with Crippen LogP contribution in [0, 0.1) is 12.7 Å². The number of halogens is 1. The molecule has 0 fully saturated rings. The minimum absolute atomic E-state index is 0.209. The number of aryl methyl sites for hydroxylation is 1. The van der Waals surface area contributed by atoms with Crippen molar-refractivity contribution in [3.63, 3.8) is 0 Å². The third kappa shape index (κ3) is 2.33. The van der Waals surface area contributed by atoms with Crippen molar-refractivity contribution in [2.45, 2.75) is 13.5 Å². The maximum Gasteiger partial charge on any atom is 0.146 e. The quantitative estimate of drug-likeness (QED) is 0.862. The maximum absolute atomic E-state index is 13.4. The number of hydrogen-bond acceptors (Lipinski definition) is 3. The first-order valence-electron chi connectivity index (χ1n) is 4.64. The highest BCUT2D eigenvalue weighted by Crippen LogP contribution is 2.20. The van der Waals surface area contributed by atoms with Gasteiger partial charge in [0.25, 0.3) is 0 Å². The van der Waals surface area contributed by atoms with E-state index >= 15 is 0 Å². The molecular weight excluding hydrogens is 211 g/mol. The van der Waals surface area contributed by atoms with Gasteiger partial charge in [0.05, 0.1) is 17.7 Å². The van der Waals surface area contributed by atoms with E-state index in [0.29, 0.717) is 12.2 Å². The SMILES string of the molecule is Cc1cccc(F)c1NCc1cncs1. The van der Waals surface area contributed by atoms with Crippen LogP contribution in [-0.4, -0.2) is 4.98 Å². The van der Waals surface area contributed by atoms with Gasteiger partial charge in [-0.2, -0.15) is 0 Å². The molecule has 0 aliphatic carbocycles. The Hall–Kier alpha value is -1.42. The summed E-state index contributed by atoms with van der Waals surface area (Å²) < 4.78 is 13.4. The van der Waals surface area contributed by atoms with Gasteiger partial charge < -0.3 is 5.32 Å². The average molecular weight is 222 g/mol. The smallest absolute Gasteiger partial charge is 0.146 e. The summed E-state index contributed by atoms with van der Waals surface area (Å²) in [6, 6.07) is 5.06. The van der Waals surface area contributed by atoms with Gasteiger partial charge in [-0.05, 0) is 18.6 Å². The molecule has 0 amide bonds. The summed E-state index contributed by atoms with van der Waals surface area (Å²) in [5.74, 6) is -0.209. The molecule has 0 unspecified atom stereocenters. The molecule has 2 nitrogen and oxygen atoms in total. The maximum atomic E-state index is 13.4. The summed E-state index contributed by atoms with van der Waals surface area (Å²) in [4.78, 5) is 5.06. The minimum Gasteiger partial charge on any atom is -0.378 e. The minimum atomic E-state index is -0.209. The van der Waals surface area contributed by atoms with E-state index in [1.165, 1.54) is 6.07 Å². The van der Waals surface area contributed by atoms with Crippen molar-refractivity contribution < 1.29 is 4.39 Å². The fraction of sp³-hybridized carbons (Fsp3) is 0.182. The average Bonchev–Trinajstić information content (AvgIpc) is 2.70. The zero-order valence-corrected chi connectivity index (χ0v) is 9.14. The predicted molar refractivity (Wildman–Crippen MR) is 60.6 cm³/mol. The van der Waals surface area contributed by atoms with E-state index in [4.69, 9.17) is 0 Å². The van der Waals surface area contributed by atoms with Crippen LogP contribution in [0.5, 0.6) is 0 Å². The molecule has 4 heteroatoms. The van der Waals surface area contributed by atoms with Crippen molar-refractivity contribution in [1.82, 2.24) is 4.98 Å². The summed E-state index contributed by atoms with van der Waals surface area (Å²) in [7, 11) is 0. The van der Waals surface area contributed by atoms with Gasteiger partial charge >= 0.3 is 0 Å². The molecule has 0 atom stereocenters. The highest BCUT2D eigenvalue weighted by molar-refractivity contribution is 7.09.